The van der Waals surface area contributed by atoms with Gasteiger partial charge in [-0.1, -0.05) is 30.2 Å². The summed E-state index contributed by atoms with van der Waals surface area (Å²) in [5.74, 6) is -3.03. The standard InChI is InChI=1S/C29H28ClN9O2.C2HF3O2/c1-17-5-4-6-25(22-13-19(9-10-31-22)27-23(35-28(17)40)15-34-37(27)3)38-16-32-26(18(2)29(38)41)21-14-20(30)7-8-24(21)39-12-11-33-36-39;3-2(4,5)1(6)7/h7-17,25H,4-6H2,1-3H3,(H,35,40);(H,6,7)/t17-,25+;/m1./s1. The van der Waals surface area contributed by atoms with Gasteiger partial charge in [0.05, 0.1) is 59.4 Å². The third kappa shape index (κ3) is 7.12. The van der Waals surface area contributed by atoms with Gasteiger partial charge in [0.15, 0.2) is 0 Å². The number of alkyl halides is 3. The van der Waals surface area contributed by atoms with Crippen LogP contribution in [0.4, 0.5) is 18.9 Å². The largest absolute Gasteiger partial charge is 0.490 e. The minimum absolute atomic E-state index is 0.0607. The van der Waals surface area contributed by atoms with Crippen LogP contribution in [0.25, 0.3) is 28.2 Å². The number of nitrogens with one attached hydrogen (secondary N) is 1. The number of aliphatic carboxylic acids is 1. The maximum absolute atomic E-state index is 14.0. The van der Waals surface area contributed by atoms with Gasteiger partial charge in [-0.15, -0.1) is 5.10 Å². The van der Waals surface area contributed by atoms with E-state index in [1.807, 2.05) is 32.2 Å². The highest BCUT2D eigenvalue weighted by Crippen LogP contribution is 2.33. The van der Waals surface area contributed by atoms with Gasteiger partial charge >= 0.3 is 12.1 Å². The molecule has 0 unspecified atom stereocenters. The van der Waals surface area contributed by atoms with E-state index in [-0.39, 0.29) is 23.4 Å². The number of aromatic nitrogens is 8. The molecule has 0 saturated carbocycles. The minimum atomic E-state index is -5.08. The maximum atomic E-state index is 14.0. The van der Waals surface area contributed by atoms with Crippen molar-refractivity contribution >= 4 is 29.2 Å². The van der Waals surface area contributed by atoms with E-state index >= 15 is 0 Å². The monoisotopic (exact) mass is 683 g/mol. The van der Waals surface area contributed by atoms with E-state index in [9.17, 15) is 22.8 Å². The summed E-state index contributed by atoms with van der Waals surface area (Å²) in [5, 5.41) is 23.1. The summed E-state index contributed by atoms with van der Waals surface area (Å²) in [6, 6.07) is 8.81. The van der Waals surface area contributed by atoms with Crippen LogP contribution in [-0.2, 0) is 16.6 Å². The molecule has 1 aliphatic heterocycles. The third-order valence-corrected chi connectivity index (χ3v) is 8.07. The highest BCUT2D eigenvalue weighted by molar-refractivity contribution is 6.31. The Morgan fingerprint density at radius 3 is 2.54 bits per heavy atom. The second-order valence-electron chi connectivity index (χ2n) is 11.1. The molecule has 0 radical (unpaired) electrons. The number of rotatable bonds is 3. The van der Waals surface area contributed by atoms with Crippen molar-refractivity contribution in [2.75, 3.05) is 5.32 Å². The molecule has 2 atom stereocenters. The van der Waals surface area contributed by atoms with E-state index in [1.165, 1.54) is 0 Å². The molecule has 6 rings (SSSR count). The van der Waals surface area contributed by atoms with Crippen LogP contribution in [-0.4, -0.2) is 62.5 Å². The molecule has 17 heteroatoms. The summed E-state index contributed by atoms with van der Waals surface area (Å²) in [7, 11) is 1.83. The molecule has 1 aliphatic rings. The van der Waals surface area contributed by atoms with Gasteiger partial charge in [-0.25, -0.2) is 14.5 Å². The number of carboxylic acids is 1. The molecule has 5 aromatic rings. The Morgan fingerprint density at radius 1 is 1.10 bits per heavy atom. The molecule has 1 amide bonds. The number of carboxylic acid groups (broad SMARTS) is 1. The van der Waals surface area contributed by atoms with E-state index in [2.05, 4.69) is 25.7 Å². The molecular formula is C31H29ClF3N9O4. The van der Waals surface area contributed by atoms with Crippen LogP contribution < -0.4 is 10.9 Å². The molecular weight excluding hydrogens is 655 g/mol. The van der Waals surface area contributed by atoms with Crippen LogP contribution in [0.15, 0.2) is 66.2 Å². The topological polar surface area (TPSA) is 163 Å². The van der Waals surface area contributed by atoms with Crippen molar-refractivity contribution in [2.45, 2.75) is 45.3 Å². The molecule has 250 valence electrons. The van der Waals surface area contributed by atoms with Crippen LogP contribution in [0, 0.1) is 12.8 Å². The van der Waals surface area contributed by atoms with Crippen LogP contribution >= 0.6 is 11.6 Å². The first kappa shape index (κ1) is 34.0. The van der Waals surface area contributed by atoms with E-state index in [0.29, 0.717) is 52.5 Å². The molecule has 48 heavy (non-hydrogen) atoms. The number of carbonyl (C=O) groups excluding carboxylic acids is 1. The fourth-order valence-corrected chi connectivity index (χ4v) is 5.55. The number of carbonyl (C=O) groups is 2. The number of hydrogen-bond donors (Lipinski definition) is 2. The molecule has 5 heterocycles. The number of fused-ring (bicyclic) bond motifs is 4. The van der Waals surface area contributed by atoms with Gasteiger partial charge in [0.2, 0.25) is 5.91 Å². The second-order valence-corrected chi connectivity index (χ2v) is 11.5. The predicted octanol–water partition coefficient (Wildman–Crippen LogP) is 5.23. The lowest BCUT2D eigenvalue weighted by molar-refractivity contribution is -0.192. The second kappa shape index (κ2) is 13.8. The maximum Gasteiger partial charge on any atom is 0.490 e. The van der Waals surface area contributed by atoms with Crippen molar-refractivity contribution in [1.82, 2.24) is 39.3 Å². The Balaban J connectivity index is 0.000000582. The SMILES string of the molecule is Cc1c(-c2cc(Cl)ccc2-n2ccnn2)ncn([C@H]2CCC[C@@H](C)C(=O)Nc3cnn(C)c3-c3ccnc2c3)c1=O.O=C(O)C(F)(F)F. The smallest absolute Gasteiger partial charge is 0.475 e. The van der Waals surface area contributed by atoms with Crippen molar-refractivity contribution in [3.63, 3.8) is 0 Å². The summed E-state index contributed by atoms with van der Waals surface area (Å²) in [6.07, 6.45) is 5.15. The predicted molar refractivity (Wildman–Crippen MR) is 169 cm³/mol. The molecule has 2 N–H and O–H groups in total. The third-order valence-electron chi connectivity index (χ3n) is 7.84. The van der Waals surface area contributed by atoms with Gasteiger partial charge in [-0.05, 0) is 50.1 Å². The zero-order valence-corrected chi connectivity index (χ0v) is 26.6. The first-order chi connectivity index (χ1) is 22.8. The van der Waals surface area contributed by atoms with Gasteiger partial charge in [-0.2, -0.15) is 18.3 Å². The molecule has 13 nitrogen and oxygen atoms in total. The first-order valence-corrected chi connectivity index (χ1v) is 15.0. The number of pyridine rings is 1. The first-order valence-electron chi connectivity index (χ1n) is 14.6. The Labute approximate surface area is 276 Å². The molecule has 0 saturated heterocycles. The molecule has 2 bridgehead atoms. The fraction of sp³-hybridized carbons (Fsp3) is 0.290. The Bertz CT molecular complexity index is 2030. The van der Waals surface area contributed by atoms with Gasteiger partial charge < -0.3 is 10.4 Å². The fourth-order valence-electron chi connectivity index (χ4n) is 5.38. The molecule has 0 aliphatic carbocycles. The number of amides is 1. The van der Waals surface area contributed by atoms with Crippen molar-refractivity contribution in [1.29, 1.82) is 0 Å². The average molecular weight is 684 g/mol. The van der Waals surface area contributed by atoms with Crippen molar-refractivity contribution in [3.8, 4) is 28.2 Å². The summed E-state index contributed by atoms with van der Waals surface area (Å²) < 4.78 is 36.7. The lowest BCUT2D eigenvalue weighted by Crippen LogP contribution is -2.29. The minimum Gasteiger partial charge on any atom is -0.475 e. The highest BCUT2D eigenvalue weighted by Gasteiger charge is 2.38. The Morgan fingerprint density at radius 2 is 1.85 bits per heavy atom. The summed E-state index contributed by atoms with van der Waals surface area (Å²) in [5.41, 5.74) is 5.17. The van der Waals surface area contributed by atoms with Crippen LogP contribution in [0.1, 0.15) is 43.5 Å². The Kier molecular flexibility index (Phi) is 9.74. The number of hydrogen-bond acceptors (Lipinski definition) is 8. The number of halogens is 4. The summed E-state index contributed by atoms with van der Waals surface area (Å²) in [4.78, 5) is 45.3. The van der Waals surface area contributed by atoms with Gasteiger partial charge in [0, 0.05) is 40.9 Å². The van der Waals surface area contributed by atoms with Crippen LogP contribution in [0.3, 0.4) is 0 Å². The zero-order chi connectivity index (χ0) is 34.7. The van der Waals surface area contributed by atoms with E-state index in [1.54, 1.807) is 64.1 Å². The van der Waals surface area contributed by atoms with E-state index in [0.717, 1.165) is 17.0 Å². The number of nitrogens with zero attached hydrogens (tertiary/aromatic N) is 8. The highest BCUT2D eigenvalue weighted by atomic mass is 35.5. The van der Waals surface area contributed by atoms with Crippen molar-refractivity contribution < 1.29 is 27.9 Å². The average Bonchev–Trinajstić information content (AvgIpc) is 3.70. The van der Waals surface area contributed by atoms with Crippen molar-refractivity contribution in [2.24, 2.45) is 13.0 Å². The number of aryl methyl sites for hydroxylation is 1. The quantitative estimate of drug-likeness (QED) is 0.259. The summed E-state index contributed by atoms with van der Waals surface area (Å²) in [6.45, 7) is 3.68. The van der Waals surface area contributed by atoms with E-state index < -0.39 is 12.1 Å². The number of anilines is 1. The van der Waals surface area contributed by atoms with Gasteiger partial charge in [-0.3, -0.25) is 23.8 Å². The lowest BCUT2D eigenvalue weighted by atomic mass is 9.96. The van der Waals surface area contributed by atoms with Crippen LogP contribution in [0.2, 0.25) is 5.02 Å². The van der Waals surface area contributed by atoms with E-state index in [4.69, 9.17) is 26.5 Å². The van der Waals surface area contributed by atoms with Crippen LogP contribution in [0.5, 0.6) is 0 Å². The summed E-state index contributed by atoms with van der Waals surface area (Å²) >= 11 is 6.36. The lowest BCUT2D eigenvalue weighted by Gasteiger charge is -2.23. The van der Waals surface area contributed by atoms with Crippen molar-refractivity contribution in [3.05, 3.63) is 88.1 Å². The normalized spacial score (nSPS) is 16.4. The molecule has 0 fully saturated rings. The molecule has 0 spiro atoms. The van der Waals surface area contributed by atoms with Gasteiger partial charge in [0.1, 0.15) is 0 Å². The molecule has 4 aromatic heterocycles. The molecule has 1 aromatic carbocycles. The number of benzene rings is 1. The zero-order valence-electron chi connectivity index (χ0n) is 25.8. The van der Waals surface area contributed by atoms with Gasteiger partial charge in [0.25, 0.3) is 5.56 Å². The Hall–Kier alpha value is -5.38.